The van der Waals surface area contributed by atoms with E-state index in [1.807, 2.05) is 36.2 Å². The summed E-state index contributed by atoms with van der Waals surface area (Å²) in [4.78, 5) is 21.3. The smallest absolute Gasteiger partial charge is 0.303 e. The molecule has 144 valence electrons. The van der Waals surface area contributed by atoms with Crippen LogP contribution < -0.4 is 10.2 Å². The molecule has 0 radical (unpaired) electrons. The SMILES string of the molecule is CN(c1nc(Nc2ccc(CCCC(=O)O)cc2)ncc1Cl)C1CCCO1. The van der Waals surface area contributed by atoms with E-state index in [-0.39, 0.29) is 12.6 Å². The minimum atomic E-state index is -0.767. The molecule has 2 N–H and O–H groups in total. The number of carboxylic acid groups (broad SMARTS) is 1. The maximum Gasteiger partial charge on any atom is 0.303 e. The number of nitrogens with zero attached hydrogens (tertiary/aromatic N) is 3. The summed E-state index contributed by atoms with van der Waals surface area (Å²) in [6, 6.07) is 7.80. The Morgan fingerprint density at radius 2 is 2.19 bits per heavy atom. The second kappa shape index (κ2) is 9.01. The molecule has 0 aliphatic carbocycles. The van der Waals surface area contributed by atoms with Crippen LogP contribution in [0.2, 0.25) is 5.02 Å². The number of halogens is 1. The zero-order valence-corrected chi connectivity index (χ0v) is 15.9. The van der Waals surface area contributed by atoms with Gasteiger partial charge in [0.1, 0.15) is 11.3 Å². The summed E-state index contributed by atoms with van der Waals surface area (Å²) in [5.41, 5.74) is 1.95. The first-order valence-corrected chi connectivity index (χ1v) is 9.35. The van der Waals surface area contributed by atoms with Crippen molar-refractivity contribution < 1.29 is 14.6 Å². The van der Waals surface area contributed by atoms with Gasteiger partial charge >= 0.3 is 5.97 Å². The Morgan fingerprint density at radius 1 is 1.41 bits per heavy atom. The molecule has 0 amide bonds. The van der Waals surface area contributed by atoms with Crippen LogP contribution in [-0.4, -0.2) is 40.9 Å². The topological polar surface area (TPSA) is 87.6 Å². The summed E-state index contributed by atoms with van der Waals surface area (Å²) >= 11 is 6.27. The third kappa shape index (κ3) is 5.30. The van der Waals surface area contributed by atoms with Crippen LogP contribution in [0.5, 0.6) is 0 Å². The first kappa shape index (κ1) is 19.4. The van der Waals surface area contributed by atoms with E-state index in [1.54, 1.807) is 6.20 Å². The van der Waals surface area contributed by atoms with Gasteiger partial charge in [-0.05, 0) is 43.4 Å². The van der Waals surface area contributed by atoms with Crippen LogP contribution in [0.3, 0.4) is 0 Å². The van der Waals surface area contributed by atoms with E-state index in [0.717, 1.165) is 37.1 Å². The van der Waals surface area contributed by atoms with Crippen molar-refractivity contribution in [3.05, 3.63) is 41.0 Å². The highest BCUT2D eigenvalue weighted by Gasteiger charge is 2.23. The molecule has 1 aliphatic heterocycles. The molecule has 1 aliphatic rings. The number of rotatable bonds is 8. The molecule has 8 heteroatoms. The first-order chi connectivity index (χ1) is 13.0. The highest BCUT2D eigenvalue weighted by molar-refractivity contribution is 6.32. The largest absolute Gasteiger partial charge is 0.481 e. The highest BCUT2D eigenvalue weighted by atomic mass is 35.5. The quantitative estimate of drug-likeness (QED) is 0.707. The van der Waals surface area contributed by atoms with Gasteiger partial charge in [-0.25, -0.2) is 4.98 Å². The van der Waals surface area contributed by atoms with Crippen LogP contribution in [-0.2, 0) is 16.0 Å². The molecule has 1 fully saturated rings. The van der Waals surface area contributed by atoms with Crippen molar-refractivity contribution in [3.63, 3.8) is 0 Å². The van der Waals surface area contributed by atoms with E-state index in [0.29, 0.717) is 23.2 Å². The minimum absolute atomic E-state index is 0.0182. The van der Waals surface area contributed by atoms with Gasteiger partial charge < -0.3 is 20.1 Å². The van der Waals surface area contributed by atoms with Crippen LogP contribution >= 0.6 is 11.6 Å². The maximum absolute atomic E-state index is 10.6. The van der Waals surface area contributed by atoms with Gasteiger partial charge in [0.05, 0.1) is 6.20 Å². The van der Waals surface area contributed by atoms with Crippen molar-refractivity contribution >= 4 is 35.0 Å². The molecule has 0 spiro atoms. The molecule has 1 aromatic carbocycles. The summed E-state index contributed by atoms with van der Waals surface area (Å²) in [6.45, 7) is 0.752. The fourth-order valence-electron chi connectivity index (χ4n) is 3.00. The number of aliphatic carboxylic acids is 1. The van der Waals surface area contributed by atoms with Gasteiger partial charge in [-0.15, -0.1) is 0 Å². The van der Waals surface area contributed by atoms with E-state index < -0.39 is 5.97 Å². The van der Waals surface area contributed by atoms with Gasteiger partial charge in [-0.2, -0.15) is 4.98 Å². The summed E-state index contributed by atoms with van der Waals surface area (Å²) < 4.78 is 5.69. The van der Waals surface area contributed by atoms with Crippen molar-refractivity contribution in [2.75, 3.05) is 23.9 Å². The molecule has 0 saturated carbocycles. The van der Waals surface area contributed by atoms with Gasteiger partial charge in [0, 0.05) is 25.8 Å². The third-order valence-corrected chi connectivity index (χ3v) is 4.73. The number of aryl methyl sites for hydroxylation is 1. The Kier molecular flexibility index (Phi) is 6.47. The molecule has 7 nitrogen and oxygen atoms in total. The highest BCUT2D eigenvalue weighted by Crippen LogP contribution is 2.28. The number of carbonyl (C=O) groups is 1. The molecule has 1 aromatic heterocycles. The third-order valence-electron chi connectivity index (χ3n) is 4.46. The summed E-state index contributed by atoms with van der Waals surface area (Å²) in [6.07, 6.45) is 5.08. The Morgan fingerprint density at radius 3 is 2.85 bits per heavy atom. The lowest BCUT2D eigenvalue weighted by molar-refractivity contribution is -0.137. The first-order valence-electron chi connectivity index (χ1n) is 8.97. The number of carboxylic acids is 1. The van der Waals surface area contributed by atoms with E-state index in [1.165, 1.54) is 0 Å². The van der Waals surface area contributed by atoms with Crippen molar-refractivity contribution in [1.29, 1.82) is 0 Å². The number of nitrogens with one attached hydrogen (secondary N) is 1. The lowest BCUT2D eigenvalue weighted by Gasteiger charge is -2.25. The fraction of sp³-hybridized carbons (Fsp3) is 0.421. The second-order valence-corrected chi connectivity index (χ2v) is 6.92. The van der Waals surface area contributed by atoms with Crippen molar-refractivity contribution in [2.24, 2.45) is 0 Å². The van der Waals surface area contributed by atoms with Crippen LogP contribution in [0.15, 0.2) is 30.5 Å². The van der Waals surface area contributed by atoms with Crippen molar-refractivity contribution in [3.8, 4) is 0 Å². The van der Waals surface area contributed by atoms with E-state index in [9.17, 15) is 4.79 Å². The van der Waals surface area contributed by atoms with E-state index in [4.69, 9.17) is 21.4 Å². The van der Waals surface area contributed by atoms with Gasteiger partial charge in [0.15, 0.2) is 5.82 Å². The van der Waals surface area contributed by atoms with E-state index >= 15 is 0 Å². The fourth-order valence-corrected chi connectivity index (χ4v) is 3.22. The van der Waals surface area contributed by atoms with Gasteiger partial charge in [-0.1, -0.05) is 23.7 Å². The average Bonchev–Trinajstić information content (AvgIpc) is 3.19. The predicted molar refractivity (Wildman–Crippen MR) is 105 cm³/mol. The second-order valence-electron chi connectivity index (χ2n) is 6.51. The molecule has 1 atom stereocenters. The summed E-state index contributed by atoms with van der Waals surface area (Å²) in [5.74, 6) is 0.321. The van der Waals surface area contributed by atoms with Crippen LogP contribution in [0, 0.1) is 0 Å². The average molecular weight is 391 g/mol. The Labute approximate surface area is 163 Å². The number of hydrogen-bond donors (Lipinski definition) is 2. The molecule has 3 rings (SSSR count). The molecule has 27 heavy (non-hydrogen) atoms. The monoisotopic (exact) mass is 390 g/mol. The zero-order valence-electron chi connectivity index (χ0n) is 15.2. The van der Waals surface area contributed by atoms with E-state index in [2.05, 4.69) is 15.3 Å². The number of hydrogen-bond acceptors (Lipinski definition) is 6. The number of anilines is 3. The molecule has 1 unspecified atom stereocenters. The van der Waals surface area contributed by atoms with Gasteiger partial charge in [0.25, 0.3) is 0 Å². The minimum Gasteiger partial charge on any atom is -0.481 e. The zero-order chi connectivity index (χ0) is 19.2. The number of aromatic nitrogens is 2. The number of ether oxygens (including phenoxy) is 1. The normalized spacial score (nSPS) is 16.3. The molecular weight excluding hydrogens is 368 g/mol. The van der Waals surface area contributed by atoms with Crippen molar-refractivity contribution in [1.82, 2.24) is 9.97 Å². The predicted octanol–water partition coefficient (Wildman–Crippen LogP) is 3.85. The molecular formula is C19H23ClN4O3. The Balaban J connectivity index is 1.65. The maximum atomic E-state index is 10.6. The lowest BCUT2D eigenvalue weighted by Crippen LogP contribution is -2.31. The molecule has 1 saturated heterocycles. The van der Waals surface area contributed by atoms with Gasteiger partial charge in [0.2, 0.25) is 5.95 Å². The Bertz CT molecular complexity index is 779. The standard InChI is InChI=1S/C19H23ClN4O3/c1-24(16-5-3-11-27-16)18-15(20)12-21-19(23-18)22-14-9-7-13(8-10-14)4-2-6-17(25)26/h7-10,12,16H,2-6,11H2,1H3,(H,25,26)(H,21,22,23). The number of benzene rings is 1. The van der Waals surface area contributed by atoms with Crippen LogP contribution in [0.1, 0.15) is 31.2 Å². The van der Waals surface area contributed by atoms with Crippen LogP contribution in [0.4, 0.5) is 17.5 Å². The van der Waals surface area contributed by atoms with Gasteiger partial charge in [-0.3, -0.25) is 4.79 Å². The summed E-state index contributed by atoms with van der Waals surface area (Å²) in [7, 11) is 1.92. The molecule has 0 bridgehead atoms. The summed E-state index contributed by atoms with van der Waals surface area (Å²) in [5, 5.41) is 12.4. The van der Waals surface area contributed by atoms with Crippen molar-refractivity contribution in [2.45, 2.75) is 38.3 Å². The van der Waals surface area contributed by atoms with Crippen LogP contribution in [0.25, 0.3) is 0 Å². The molecule has 2 aromatic rings. The Hall–Kier alpha value is -2.38. The molecule has 2 heterocycles. The lowest BCUT2D eigenvalue weighted by atomic mass is 10.1.